The van der Waals surface area contributed by atoms with Gasteiger partial charge in [0.25, 0.3) is 5.91 Å². The van der Waals surface area contributed by atoms with Gasteiger partial charge in [-0.15, -0.1) is 11.3 Å². The number of anilines is 2. The van der Waals surface area contributed by atoms with E-state index in [9.17, 15) is 4.79 Å². The minimum Gasteiger partial charge on any atom is -0.375 e. The number of hydrogen-bond donors (Lipinski definition) is 1. The van der Waals surface area contributed by atoms with Gasteiger partial charge in [0.1, 0.15) is 0 Å². The molecule has 1 aromatic heterocycles. The first-order valence-corrected chi connectivity index (χ1v) is 7.74. The summed E-state index contributed by atoms with van der Waals surface area (Å²) in [6, 6.07) is 11.7. The first-order chi connectivity index (χ1) is 9.70. The molecule has 2 rings (SSSR count). The van der Waals surface area contributed by atoms with Crippen LogP contribution in [0, 0.1) is 0 Å². The number of nitrogens with zero attached hydrogens (tertiary/aromatic N) is 1. The Morgan fingerprint density at radius 1 is 1.25 bits per heavy atom. The van der Waals surface area contributed by atoms with E-state index in [1.807, 2.05) is 41.8 Å². The van der Waals surface area contributed by atoms with E-state index in [-0.39, 0.29) is 5.91 Å². The van der Waals surface area contributed by atoms with Crippen molar-refractivity contribution in [3.8, 4) is 0 Å². The van der Waals surface area contributed by atoms with Crippen molar-refractivity contribution < 1.29 is 4.79 Å². The van der Waals surface area contributed by atoms with Gasteiger partial charge in [0.15, 0.2) is 0 Å². The highest BCUT2D eigenvalue weighted by atomic mass is 32.1. The van der Waals surface area contributed by atoms with E-state index in [1.54, 1.807) is 0 Å². The maximum Gasteiger partial charge on any atom is 0.265 e. The highest BCUT2D eigenvalue weighted by molar-refractivity contribution is 7.12. The minimum absolute atomic E-state index is 0.0490. The van der Waals surface area contributed by atoms with Crippen molar-refractivity contribution in [2.75, 3.05) is 23.8 Å². The van der Waals surface area contributed by atoms with E-state index in [1.165, 1.54) is 29.9 Å². The summed E-state index contributed by atoms with van der Waals surface area (Å²) in [6.07, 6.45) is 2.38. The molecule has 0 aliphatic heterocycles. The fourth-order valence-electron chi connectivity index (χ4n) is 1.92. The topological polar surface area (TPSA) is 32.3 Å². The predicted octanol–water partition coefficient (Wildman–Crippen LogP) is 4.24. The smallest absolute Gasteiger partial charge is 0.265 e. The number of nitrogens with one attached hydrogen (secondary N) is 1. The summed E-state index contributed by atoms with van der Waals surface area (Å²) >= 11 is 1.45. The molecule has 20 heavy (non-hydrogen) atoms. The Kier molecular flexibility index (Phi) is 5.18. The van der Waals surface area contributed by atoms with Gasteiger partial charge >= 0.3 is 0 Å². The molecule has 2 aromatic rings. The largest absolute Gasteiger partial charge is 0.375 e. The average Bonchev–Trinajstić information content (AvgIpc) is 3.00. The van der Waals surface area contributed by atoms with Crippen LogP contribution in [0.5, 0.6) is 0 Å². The maximum atomic E-state index is 11.9. The Morgan fingerprint density at radius 2 is 2.00 bits per heavy atom. The molecule has 0 spiro atoms. The lowest BCUT2D eigenvalue weighted by molar-refractivity contribution is 0.103. The molecule has 0 aliphatic carbocycles. The van der Waals surface area contributed by atoms with Crippen LogP contribution in [0.3, 0.4) is 0 Å². The zero-order valence-electron chi connectivity index (χ0n) is 11.9. The fraction of sp³-hybridized carbons (Fsp3) is 0.312. The molecular formula is C16H20N2OS. The molecule has 0 saturated carbocycles. The summed E-state index contributed by atoms with van der Waals surface area (Å²) in [5, 5.41) is 4.81. The molecule has 0 radical (unpaired) electrons. The normalized spacial score (nSPS) is 10.3. The summed E-state index contributed by atoms with van der Waals surface area (Å²) < 4.78 is 0. The highest BCUT2D eigenvalue weighted by Gasteiger charge is 2.07. The van der Waals surface area contributed by atoms with Gasteiger partial charge in [-0.3, -0.25) is 4.79 Å². The van der Waals surface area contributed by atoms with Gasteiger partial charge < -0.3 is 10.2 Å². The van der Waals surface area contributed by atoms with E-state index in [0.29, 0.717) is 0 Å². The predicted molar refractivity (Wildman–Crippen MR) is 86.9 cm³/mol. The second-order valence-electron chi connectivity index (χ2n) is 4.75. The van der Waals surface area contributed by atoms with Gasteiger partial charge in [0.2, 0.25) is 0 Å². The molecule has 0 unspecified atom stereocenters. The van der Waals surface area contributed by atoms with Crippen molar-refractivity contribution in [2.45, 2.75) is 19.8 Å². The third kappa shape index (κ3) is 3.84. The molecule has 4 heteroatoms. The van der Waals surface area contributed by atoms with Gasteiger partial charge in [0, 0.05) is 25.0 Å². The summed E-state index contributed by atoms with van der Waals surface area (Å²) in [5.74, 6) is -0.0490. The Labute approximate surface area is 124 Å². The van der Waals surface area contributed by atoms with Crippen LogP contribution in [-0.4, -0.2) is 19.5 Å². The number of hydrogen-bond acceptors (Lipinski definition) is 3. The lowest BCUT2D eigenvalue weighted by Crippen LogP contribution is -2.18. The quantitative estimate of drug-likeness (QED) is 0.862. The van der Waals surface area contributed by atoms with Gasteiger partial charge in [-0.25, -0.2) is 0 Å². The van der Waals surface area contributed by atoms with Crippen LogP contribution >= 0.6 is 11.3 Å². The molecule has 1 N–H and O–H groups in total. The summed E-state index contributed by atoms with van der Waals surface area (Å²) in [5.41, 5.74) is 2.00. The molecule has 1 amide bonds. The van der Waals surface area contributed by atoms with Gasteiger partial charge in [-0.05, 0) is 42.1 Å². The van der Waals surface area contributed by atoms with Crippen LogP contribution in [0.2, 0.25) is 0 Å². The van der Waals surface area contributed by atoms with Crippen LogP contribution in [0.15, 0.2) is 41.8 Å². The zero-order chi connectivity index (χ0) is 14.4. The summed E-state index contributed by atoms with van der Waals surface area (Å²) in [4.78, 5) is 14.9. The van der Waals surface area contributed by atoms with Crippen molar-refractivity contribution >= 4 is 28.6 Å². The lowest BCUT2D eigenvalue weighted by Gasteiger charge is -2.19. The average molecular weight is 288 g/mol. The van der Waals surface area contributed by atoms with Crippen LogP contribution in [0.1, 0.15) is 29.4 Å². The number of amides is 1. The molecule has 0 bridgehead atoms. The molecule has 0 atom stereocenters. The third-order valence-electron chi connectivity index (χ3n) is 3.16. The Morgan fingerprint density at radius 3 is 2.60 bits per heavy atom. The number of carbonyl (C=O) groups excluding carboxylic acids is 1. The lowest BCUT2D eigenvalue weighted by atomic mass is 10.2. The molecule has 1 aromatic carbocycles. The van der Waals surface area contributed by atoms with Crippen LogP contribution in [0.25, 0.3) is 0 Å². The van der Waals surface area contributed by atoms with Crippen molar-refractivity contribution in [3.63, 3.8) is 0 Å². The Hall–Kier alpha value is -1.81. The SMILES string of the molecule is CCCCN(C)c1ccc(NC(=O)c2cccs2)cc1. The fourth-order valence-corrected chi connectivity index (χ4v) is 2.54. The summed E-state index contributed by atoms with van der Waals surface area (Å²) in [7, 11) is 2.09. The zero-order valence-corrected chi connectivity index (χ0v) is 12.7. The third-order valence-corrected chi connectivity index (χ3v) is 4.03. The Balaban J connectivity index is 1.96. The van der Waals surface area contributed by atoms with Crippen molar-refractivity contribution in [3.05, 3.63) is 46.7 Å². The van der Waals surface area contributed by atoms with Crippen LogP contribution < -0.4 is 10.2 Å². The standard InChI is InChI=1S/C16H20N2OS/c1-3-4-11-18(2)14-9-7-13(8-10-14)17-16(19)15-6-5-12-20-15/h5-10,12H,3-4,11H2,1-2H3,(H,17,19). The Bertz CT molecular complexity index is 534. The minimum atomic E-state index is -0.0490. The number of carbonyl (C=O) groups is 1. The summed E-state index contributed by atoms with van der Waals surface area (Å²) in [6.45, 7) is 3.24. The second kappa shape index (κ2) is 7.10. The van der Waals surface area contributed by atoms with Gasteiger partial charge in [-0.1, -0.05) is 19.4 Å². The number of unbranched alkanes of at least 4 members (excludes halogenated alkanes) is 1. The number of thiophene rings is 1. The molecule has 0 saturated heterocycles. The van der Waals surface area contributed by atoms with Crippen molar-refractivity contribution in [2.24, 2.45) is 0 Å². The maximum absolute atomic E-state index is 11.9. The molecule has 0 aliphatic rings. The molecule has 106 valence electrons. The van der Waals surface area contributed by atoms with E-state index >= 15 is 0 Å². The van der Waals surface area contributed by atoms with Gasteiger partial charge in [0.05, 0.1) is 4.88 Å². The molecule has 1 heterocycles. The monoisotopic (exact) mass is 288 g/mol. The first-order valence-electron chi connectivity index (χ1n) is 6.86. The highest BCUT2D eigenvalue weighted by Crippen LogP contribution is 2.18. The van der Waals surface area contributed by atoms with Crippen molar-refractivity contribution in [1.82, 2.24) is 0 Å². The van der Waals surface area contributed by atoms with E-state index in [4.69, 9.17) is 0 Å². The van der Waals surface area contributed by atoms with Crippen LogP contribution in [0.4, 0.5) is 11.4 Å². The van der Waals surface area contributed by atoms with E-state index < -0.39 is 0 Å². The second-order valence-corrected chi connectivity index (χ2v) is 5.70. The van der Waals surface area contributed by atoms with E-state index in [2.05, 4.69) is 24.2 Å². The van der Waals surface area contributed by atoms with Crippen molar-refractivity contribution in [1.29, 1.82) is 0 Å². The molecule has 0 fully saturated rings. The molecular weight excluding hydrogens is 268 g/mol. The first kappa shape index (κ1) is 14.6. The van der Waals surface area contributed by atoms with E-state index in [0.717, 1.165) is 17.1 Å². The molecule has 3 nitrogen and oxygen atoms in total. The van der Waals surface area contributed by atoms with Gasteiger partial charge in [-0.2, -0.15) is 0 Å². The number of rotatable bonds is 6. The number of benzene rings is 1. The van der Waals surface area contributed by atoms with Crippen LogP contribution in [-0.2, 0) is 0 Å².